The van der Waals surface area contributed by atoms with Crippen molar-refractivity contribution in [2.75, 3.05) is 5.73 Å². The van der Waals surface area contributed by atoms with Crippen molar-refractivity contribution >= 4 is 5.82 Å². The zero-order chi connectivity index (χ0) is 16.0. The van der Waals surface area contributed by atoms with Gasteiger partial charge in [0.1, 0.15) is 5.69 Å². The van der Waals surface area contributed by atoms with Crippen LogP contribution < -0.4 is 5.73 Å². The van der Waals surface area contributed by atoms with E-state index in [4.69, 9.17) is 5.73 Å². The third-order valence-electron chi connectivity index (χ3n) is 4.88. The SMILES string of the molecule is Cc1cccc(-n2nnc(-c3ccc4c(c3)CCC4)c2N)c1C. The first-order valence-electron chi connectivity index (χ1n) is 8.05. The molecule has 0 bridgehead atoms. The molecule has 0 spiro atoms. The average Bonchev–Trinajstić information content (AvgIpc) is 3.16. The minimum absolute atomic E-state index is 0.594. The summed E-state index contributed by atoms with van der Waals surface area (Å²) in [6.07, 6.45) is 3.57. The average molecular weight is 304 g/mol. The number of benzene rings is 2. The van der Waals surface area contributed by atoms with Crippen molar-refractivity contribution in [2.45, 2.75) is 33.1 Å². The van der Waals surface area contributed by atoms with Gasteiger partial charge in [0.2, 0.25) is 0 Å². The minimum Gasteiger partial charge on any atom is -0.382 e. The summed E-state index contributed by atoms with van der Waals surface area (Å²) in [4.78, 5) is 0. The van der Waals surface area contributed by atoms with Gasteiger partial charge < -0.3 is 5.73 Å². The van der Waals surface area contributed by atoms with Crippen LogP contribution in [0.1, 0.15) is 28.7 Å². The van der Waals surface area contributed by atoms with Gasteiger partial charge in [-0.2, -0.15) is 4.68 Å². The highest BCUT2D eigenvalue weighted by atomic mass is 15.5. The number of anilines is 1. The molecule has 4 heteroatoms. The molecule has 4 rings (SSSR count). The standard InChI is InChI=1S/C19H20N4/c1-12-5-3-8-17(13(12)2)23-19(20)18(21-22-23)16-10-9-14-6-4-7-15(14)11-16/h3,5,8-11H,4,6-7,20H2,1-2H3. The summed E-state index contributed by atoms with van der Waals surface area (Å²) >= 11 is 0. The third-order valence-corrected chi connectivity index (χ3v) is 4.88. The molecule has 23 heavy (non-hydrogen) atoms. The fourth-order valence-electron chi connectivity index (χ4n) is 3.36. The van der Waals surface area contributed by atoms with Crippen molar-refractivity contribution in [1.29, 1.82) is 0 Å². The number of nitrogen functional groups attached to an aromatic ring is 1. The predicted octanol–water partition coefficient (Wildman–Crippen LogP) is 3.62. The molecule has 3 aromatic rings. The van der Waals surface area contributed by atoms with E-state index >= 15 is 0 Å². The van der Waals surface area contributed by atoms with E-state index in [0.29, 0.717) is 5.82 Å². The van der Waals surface area contributed by atoms with E-state index in [-0.39, 0.29) is 0 Å². The van der Waals surface area contributed by atoms with E-state index in [2.05, 4.69) is 48.4 Å². The second kappa shape index (κ2) is 5.23. The van der Waals surface area contributed by atoms with Gasteiger partial charge in [-0.05, 0) is 67.5 Å². The highest BCUT2D eigenvalue weighted by Gasteiger charge is 2.17. The molecule has 0 saturated carbocycles. The van der Waals surface area contributed by atoms with Crippen LogP contribution in [0.2, 0.25) is 0 Å². The first-order chi connectivity index (χ1) is 11.1. The maximum Gasteiger partial charge on any atom is 0.155 e. The number of rotatable bonds is 2. The van der Waals surface area contributed by atoms with Crippen molar-refractivity contribution in [2.24, 2.45) is 0 Å². The fourth-order valence-corrected chi connectivity index (χ4v) is 3.36. The molecule has 1 aliphatic carbocycles. The van der Waals surface area contributed by atoms with Crippen LogP contribution in [0.3, 0.4) is 0 Å². The molecular weight excluding hydrogens is 284 g/mol. The quantitative estimate of drug-likeness (QED) is 0.786. The van der Waals surface area contributed by atoms with E-state index in [0.717, 1.165) is 23.4 Å². The van der Waals surface area contributed by atoms with Crippen LogP contribution in [0.5, 0.6) is 0 Å². The molecule has 0 amide bonds. The van der Waals surface area contributed by atoms with Gasteiger partial charge in [-0.3, -0.25) is 0 Å². The number of hydrogen-bond donors (Lipinski definition) is 1. The Kier molecular flexibility index (Phi) is 3.18. The van der Waals surface area contributed by atoms with Crippen LogP contribution in [-0.4, -0.2) is 15.0 Å². The predicted molar refractivity (Wildman–Crippen MR) is 92.7 cm³/mol. The molecule has 116 valence electrons. The van der Waals surface area contributed by atoms with Crippen molar-refractivity contribution < 1.29 is 0 Å². The first-order valence-corrected chi connectivity index (χ1v) is 8.05. The molecule has 1 aliphatic rings. The molecule has 0 unspecified atom stereocenters. The van der Waals surface area contributed by atoms with Gasteiger partial charge in [0.15, 0.2) is 5.82 Å². The van der Waals surface area contributed by atoms with Crippen molar-refractivity contribution in [3.05, 3.63) is 58.7 Å². The summed E-state index contributed by atoms with van der Waals surface area (Å²) in [6, 6.07) is 12.7. The maximum absolute atomic E-state index is 6.37. The normalized spacial score (nSPS) is 13.3. The zero-order valence-corrected chi connectivity index (χ0v) is 13.5. The van der Waals surface area contributed by atoms with Crippen LogP contribution in [0.25, 0.3) is 16.9 Å². The van der Waals surface area contributed by atoms with Crippen LogP contribution >= 0.6 is 0 Å². The monoisotopic (exact) mass is 304 g/mol. The highest BCUT2D eigenvalue weighted by molar-refractivity contribution is 5.72. The summed E-state index contributed by atoms with van der Waals surface area (Å²) in [5.74, 6) is 0.594. The number of fused-ring (bicyclic) bond motifs is 1. The van der Waals surface area contributed by atoms with Gasteiger partial charge in [-0.25, -0.2) is 0 Å². The summed E-state index contributed by atoms with van der Waals surface area (Å²) in [5.41, 5.74) is 14.4. The number of aryl methyl sites for hydroxylation is 3. The highest BCUT2D eigenvalue weighted by Crippen LogP contribution is 2.31. The summed E-state index contributed by atoms with van der Waals surface area (Å²) < 4.78 is 1.74. The molecular formula is C19H20N4. The van der Waals surface area contributed by atoms with Crippen LogP contribution in [-0.2, 0) is 12.8 Å². The van der Waals surface area contributed by atoms with E-state index < -0.39 is 0 Å². The molecule has 4 nitrogen and oxygen atoms in total. The van der Waals surface area contributed by atoms with Gasteiger partial charge >= 0.3 is 0 Å². The lowest BCUT2D eigenvalue weighted by Gasteiger charge is -2.09. The molecule has 2 N–H and O–H groups in total. The Hall–Kier alpha value is -2.62. The van der Waals surface area contributed by atoms with E-state index in [9.17, 15) is 0 Å². The van der Waals surface area contributed by atoms with Crippen molar-refractivity contribution in [1.82, 2.24) is 15.0 Å². The molecule has 0 fully saturated rings. The van der Waals surface area contributed by atoms with Gasteiger partial charge in [0, 0.05) is 5.56 Å². The largest absolute Gasteiger partial charge is 0.382 e. The summed E-state index contributed by atoms with van der Waals surface area (Å²) in [6.45, 7) is 4.17. The zero-order valence-electron chi connectivity index (χ0n) is 13.5. The van der Waals surface area contributed by atoms with Gasteiger partial charge in [0.25, 0.3) is 0 Å². The second-order valence-corrected chi connectivity index (χ2v) is 6.29. The maximum atomic E-state index is 6.37. The molecule has 2 aromatic carbocycles. The van der Waals surface area contributed by atoms with Crippen LogP contribution in [0.15, 0.2) is 36.4 Å². The molecule has 1 aromatic heterocycles. The van der Waals surface area contributed by atoms with Gasteiger partial charge in [-0.15, -0.1) is 5.10 Å². The first kappa shape index (κ1) is 14.0. The Morgan fingerprint density at radius 3 is 2.74 bits per heavy atom. The number of nitrogens with zero attached hydrogens (tertiary/aromatic N) is 3. The number of nitrogens with two attached hydrogens (primary N) is 1. The summed E-state index contributed by atoms with van der Waals surface area (Å²) in [5, 5.41) is 8.65. The Balaban J connectivity index is 1.81. The summed E-state index contributed by atoms with van der Waals surface area (Å²) in [7, 11) is 0. The minimum atomic E-state index is 0.594. The lowest BCUT2D eigenvalue weighted by atomic mass is 10.0. The van der Waals surface area contributed by atoms with Crippen molar-refractivity contribution in [3.8, 4) is 16.9 Å². The van der Waals surface area contributed by atoms with Crippen molar-refractivity contribution in [3.63, 3.8) is 0 Å². The van der Waals surface area contributed by atoms with E-state index in [1.54, 1.807) is 4.68 Å². The van der Waals surface area contributed by atoms with Gasteiger partial charge in [-0.1, -0.05) is 29.5 Å². The molecule has 0 saturated heterocycles. The number of aromatic nitrogens is 3. The lowest BCUT2D eigenvalue weighted by Crippen LogP contribution is -2.05. The topological polar surface area (TPSA) is 56.7 Å². The van der Waals surface area contributed by atoms with Crippen LogP contribution in [0, 0.1) is 13.8 Å². The molecule has 0 aliphatic heterocycles. The van der Waals surface area contributed by atoms with Gasteiger partial charge in [0.05, 0.1) is 5.69 Å². The molecule has 0 radical (unpaired) electrons. The smallest absolute Gasteiger partial charge is 0.155 e. The Labute approximate surface area is 135 Å². The second-order valence-electron chi connectivity index (χ2n) is 6.29. The Bertz CT molecular complexity index is 892. The number of hydrogen-bond acceptors (Lipinski definition) is 3. The van der Waals surface area contributed by atoms with E-state index in [1.165, 1.54) is 35.1 Å². The van der Waals surface area contributed by atoms with Crippen LogP contribution in [0.4, 0.5) is 5.82 Å². The third kappa shape index (κ3) is 2.22. The Morgan fingerprint density at radius 2 is 1.87 bits per heavy atom. The lowest BCUT2D eigenvalue weighted by molar-refractivity contribution is 0.804. The Morgan fingerprint density at radius 1 is 1.04 bits per heavy atom. The molecule has 0 atom stereocenters. The fraction of sp³-hybridized carbons (Fsp3) is 0.263. The molecule has 1 heterocycles. The van der Waals surface area contributed by atoms with E-state index in [1.807, 2.05) is 12.1 Å².